The molecule has 0 aromatic carbocycles. The molecule has 2 unspecified atom stereocenters. The Morgan fingerprint density at radius 2 is 2.28 bits per heavy atom. The van der Waals surface area contributed by atoms with Crippen molar-refractivity contribution in [1.29, 1.82) is 0 Å². The van der Waals surface area contributed by atoms with Crippen LogP contribution in [0.4, 0.5) is 5.82 Å². The zero-order valence-electron chi connectivity index (χ0n) is 10.7. The van der Waals surface area contributed by atoms with Gasteiger partial charge in [0.25, 0.3) is 0 Å². The summed E-state index contributed by atoms with van der Waals surface area (Å²) in [6.07, 6.45) is 5.15. The van der Waals surface area contributed by atoms with Crippen molar-refractivity contribution in [1.82, 2.24) is 9.97 Å². The molecule has 100 valence electrons. The van der Waals surface area contributed by atoms with Crippen LogP contribution in [0, 0.1) is 5.92 Å². The molecule has 1 aliphatic rings. The third kappa shape index (κ3) is 3.33. The van der Waals surface area contributed by atoms with Crippen LogP contribution in [-0.2, 0) is 6.42 Å². The number of aliphatic hydroxyl groups excluding tert-OH is 1. The number of halogens is 1. The van der Waals surface area contributed by atoms with E-state index >= 15 is 0 Å². The summed E-state index contributed by atoms with van der Waals surface area (Å²) in [5, 5.41) is 13.2. The molecule has 0 spiro atoms. The first-order valence-corrected chi connectivity index (χ1v) is 7.01. The topological polar surface area (TPSA) is 58.0 Å². The second kappa shape index (κ2) is 6.34. The van der Waals surface area contributed by atoms with Gasteiger partial charge in [-0.15, -0.1) is 0 Å². The highest BCUT2D eigenvalue weighted by Gasteiger charge is 2.26. The van der Waals surface area contributed by atoms with Crippen LogP contribution in [-0.4, -0.2) is 27.7 Å². The van der Waals surface area contributed by atoms with Gasteiger partial charge in [-0.2, -0.15) is 0 Å². The molecule has 1 heterocycles. The summed E-state index contributed by atoms with van der Waals surface area (Å²) in [4.78, 5) is 8.67. The number of aromatic nitrogens is 2. The van der Waals surface area contributed by atoms with Gasteiger partial charge in [-0.05, 0) is 19.3 Å². The molecule has 2 atom stereocenters. The summed E-state index contributed by atoms with van der Waals surface area (Å²) in [5.41, 5.74) is 0. The van der Waals surface area contributed by atoms with Crippen LogP contribution in [0.3, 0.4) is 0 Å². The van der Waals surface area contributed by atoms with Crippen LogP contribution in [0.1, 0.15) is 38.4 Å². The minimum Gasteiger partial charge on any atom is -0.396 e. The number of nitrogens with one attached hydrogen (secondary N) is 1. The summed E-state index contributed by atoms with van der Waals surface area (Å²) in [6, 6.07) is 2.06. The Morgan fingerprint density at radius 1 is 1.44 bits per heavy atom. The summed E-state index contributed by atoms with van der Waals surface area (Å²) in [5.74, 6) is 1.89. The Kier molecular flexibility index (Phi) is 4.78. The first kappa shape index (κ1) is 13.6. The molecule has 1 fully saturated rings. The van der Waals surface area contributed by atoms with Gasteiger partial charge in [-0.3, -0.25) is 0 Å². The SMILES string of the molecule is CCCc1nc(Cl)cc(NC2CCCC2CO)n1. The lowest BCUT2D eigenvalue weighted by atomic mass is 10.1. The van der Waals surface area contributed by atoms with Crippen LogP contribution < -0.4 is 5.32 Å². The monoisotopic (exact) mass is 269 g/mol. The number of hydrogen-bond acceptors (Lipinski definition) is 4. The zero-order valence-corrected chi connectivity index (χ0v) is 11.5. The Labute approximate surface area is 113 Å². The molecule has 18 heavy (non-hydrogen) atoms. The molecule has 0 bridgehead atoms. The lowest BCUT2D eigenvalue weighted by molar-refractivity contribution is 0.222. The third-order valence-corrected chi connectivity index (χ3v) is 3.64. The molecule has 4 nitrogen and oxygen atoms in total. The highest BCUT2D eigenvalue weighted by molar-refractivity contribution is 6.29. The van der Waals surface area contributed by atoms with Gasteiger partial charge < -0.3 is 10.4 Å². The van der Waals surface area contributed by atoms with E-state index in [1.807, 2.05) is 0 Å². The van der Waals surface area contributed by atoms with Crippen molar-refractivity contribution in [2.24, 2.45) is 5.92 Å². The first-order chi connectivity index (χ1) is 8.72. The summed E-state index contributed by atoms with van der Waals surface area (Å²) >= 11 is 6.00. The summed E-state index contributed by atoms with van der Waals surface area (Å²) in [6.45, 7) is 2.33. The van der Waals surface area contributed by atoms with Gasteiger partial charge in [0.2, 0.25) is 0 Å². The molecule has 1 saturated carbocycles. The predicted octanol–water partition coefficient (Wildman–Crippen LogP) is 2.66. The Hall–Kier alpha value is -0.870. The molecular weight excluding hydrogens is 250 g/mol. The standard InChI is InChI=1S/C13H20ClN3O/c1-2-4-12-16-11(14)7-13(17-12)15-10-6-3-5-9(10)8-18/h7,9-10,18H,2-6,8H2,1H3,(H,15,16,17). The minimum atomic E-state index is 0.234. The smallest absolute Gasteiger partial charge is 0.134 e. The molecule has 2 N–H and O–H groups in total. The number of aryl methyl sites for hydroxylation is 1. The fourth-order valence-electron chi connectivity index (χ4n) is 2.51. The van der Waals surface area contributed by atoms with Gasteiger partial charge in [-0.25, -0.2) is 9.97 Å². The molecule has 0 saturated heterocycles. The number of rotatable bonds is 5. The summed E-state index contributed by atoms with van der Waals surface area (Å²) < 4.78 is 0. The van der Waals surface area contributed by atoms with Crippen molar-refractivity contribution in [3.63, 3.8) is 0 Å². The van der Waals surface area contributed by atoms with Crippen molar-refractivity contribution in [2.75, 3.05) is 11.9 Å². The van der Waals surface area contributed by atoms with E-state index in [9.17, 15) is 5.11 Å². The lowest BCUT2D eigenvalue weighted by Crippen LogP contribution is -2.27. The molecule has 1 aliphatic carbocycles. The number of hydrogen-bond donors (Lipinski definition) is 2. The minimum absolute atomic E-state index is 0.234. The third-order valence-electron chi connectivity index (χ3n) is 3.44. The quantitative estimate of drug-likeness (QED) is 0.807. The second-order valence-corrected chi connectivity index (χ2v) is 5.25. The van der Waals surface area contributed by atoms with E-state index in [1.54, 1.807) is 6.07 Å². The highest BCUT2D eigenvalue weighted by atomic mass is 35.5. The van der Waals surface area contributed by atoms with E-state index in [-0.39, 0.29) is 6.61 Å². The predicted molar refractivity (Wildman–Crippen MR) is 72.9 cm³/mol. The Balaban J connectivity index is 2.08. The fraction of sp³-hybridized carbons (Fsp3) is 0.692. The molecule has 1 aromatic heterocycles. The maximum Gasteiger partial charge on any atom is 0.134 e. The van der Waals surface area contributed by atoms with Crippen LogP contribution in [0.2, 0.25) is 5.15 Å². The molecule has 0 radical (unpaired) electrons. The van der Waals surface area contributed by atoms with Crippen molar-refractivity contribution >= 4 is 17.4 Å². The van der Waals surface area contributed by atoms with Gasteiger partial charge in [0.1, 0.15) is 16.8 Å². The number of nitrogens with zero attached hydrogens (tertiary/aromatic N) is 2. The van der Waals surface area contributed by atoms with Crippen molar-refractivity contribution in [3.05, 3.63) is 17.0 Å². The molecular formula is C13H20ClN3O. The van der Waals surface area contributed by atoms with Gasteiger partial charge in [0.15, 0.2) is 0 Å². The zero-order chi connectivity index (χ0) is 13.0. The summed E-state index contributed by atoms with van der Waals surface area (Å²) in [7, 11) is 0. The number of anilines is 1. The fourth-order valence-corrected chi connectivity index (χ4v) is 2.71. The van der Waals surface area contributed by atoms with E-state index in [2.05, 4.69) is 22.2 Å². The van der Waals surface area contributed by atoms with Crippen molar-refractivity contribution in [2.45, 2.75) is 45.1 Å². The first-order valence-electron chi connectivity index (χ1n) is 6.63. The van der Waals surface area contributed by atoms with Gasteiger partial charge in [-0.1, -0.05) is 24.9 Å². The maximum atomic E-state index is 9.31. The van der Waals surface area contributed by atoms with Crippen molar-refractivity contribution < 1.29 is 5.11 Å². The van der Waals surface area contributed by atoms with E-state index in [0.717, 1.165) is 43.7 Å². The van der Waals surface area contributed by atoms with Crippen LogP contribution >= 0.6 is 11.6 Å². The van der Waals surface area contributed by atoms with Gasteiger partial charge in [0, 0.05) is 31.1 Å². The maximum absolute atomic E-state index is 9.31. The molecule has 5 heteroatoms. The highest BCUT2D eigenvalue weighted by Crippen LogP contribution is 2.28. The van der Waals surface area contributed by atoms with Crippen LogP contribution in [0.25, 0.3) is 0 Å². The molecule has 1 aromatic rings. The molecule has 2 rings (SSSR count). The van der Waals surface area contributed by atoms with Crippen molar-refractivity contribution in [3.8, 4) is 0 Å². The Morgan fingerprint density at radius 3 is 3.00 bits per heavy atom. The van der Waals surface area contributed by atoms with E-state index in [0.29, 0.717) is 17.1 Å². The van der Waals surface area contributed by atoms with E-state index in [1.165, 1.54) is 0 Å². The largest absolute Gasteiger partial charge is 0.396 e. The average Bonchev–Trinajstić information content (AvgIpc) is 2.76. The van der Waals surface area contributed by atoms with Crippen LogP contribution in [0.15, 0.2) is 6.07 Å². The van der Waals surface area contributed by atoms with Gasteiger partial charge in [0.05, 0.1) is 0 Å². The average molecular weight is 270 g/mol. The molecule has 0 aliphatic heterocycles. The normalized spacial score (nSPS) is 23.3. The van der Waals surface area contributed by atoms with E-state index < -0.39 is 0 Å². The lowest BCUT2D eigenvalue weighted by Gasteiger charge is -2.19. The Bertz CT molecular complexity index is 400. The van der Waals surface area contributed by atoms with Crippen LogP contribution in [0.5, 0.6) is 0 Å². The molecule has 0 amide bonds. The number of aliphatic hydroxyl groups is 1. The van der Waals surface area contributed by atoms with Gasteiger partial charge >= 0.3 is 0 Å². The van der Waals surface area contributed by atoms with E-state index in [4.69, 9.17) is 11.6 Å². The second-order valence-electron chi connectivity index (χ2n) is 4.87.